The third-order valence-electron chi connectivity index (χ3n) is 28.9. The predicted octanol–water partition coefficient (Wildman–Crippen LogP) is 27.1. The van der Waals surface area contributed by atoms with Crippen LogP contribution in [0.5, 0.6) is 46.0 Å². The average molecular weight is 1680 g/mol. The Balaban J connectivity index is 0.000000182. The summed E-state index contributed by atoms with van der Waals surface area (Å²) in [4.78, 5) is 0. The molecular weight excluding hydrogens is 1530 g/mol. The molecule has 4 aromatic carbocycles. The Bertz CT molecular complexity index is 3800. The van der Waals surface area contributed by atoms with Gasteiger partial charge in [0.25, 0.3) is 0 Å². The minimum atomic E-state index is -0.160. The minimum absolute atomic E-state index is 0.0185. The molecule has 8 aliphatic rings. The van der Waals surface area contributed by atoms with Gasteiger partial charge in [-0.3, -0.25) is 0 Å². The molecule has 1 aliphatic heterocycles. The Morgan fingerprint density at radius 2 is 0.617 bits per heavy atom. The van der Waals surface area contributed by atoms with Crippen LogP contribution in [-0.2, 0) is 20.3 Å². The summed E-state index contributed by atoms with van der Waals surface area (Å²) in [5.41, 5.74) is 14.8. The molecule has 12 N–H and O–H groups in total. The Labute approximate surface area is 731 Å². The van der Waals surface area contributed by atoms with E-state index in [0.717, 1.165) is 194 Å². The van der Waals surface area contributed by atoms with Crippen molar-refractivity contribution < 1.29 is 61.3 Å². The molecule has 8 atom stereocenters. The molecule has 3 saturated carbocycles. The predicted molar refractivity (Wildman–Crippen MR) is 503 cm³/mol. The van der Waals surface area contributed by atoms with E-state index in [4.69, 9.17) is 0 Å². The Morgan fingerprint density at radius 1 is 0.350 bits per heavy atom. The first-order chi connectivity index (χ1) is 57.7. The Morgan fingerprint density at radius 3 is 0.892 bits per heavy atom. The highest BCUT2D eigenvalue weighted by molar-refractivity contribution is 8.20. The Kier molecular flexibility index (Phi) is 37.7. The molecule has 0 radical (unpaired) electrons. The summed E-state index contributed by atoms with van der Waals surface area (Å²) in [6.07, 6.45) is 55.1. The Hall–Kier alpha value is -6.52. The van der Waals surface area contributed by atoms with Crippen molar-refractivity contribution >= 4 is 23.5 Å². The van der Waals surface area contributed by atoms with Crippen molar-refractivity contribution in [3.63, 3.8) is 0 Å². The number of phenolic OH excluding ortho intramolecular Hbond substituents is 8. The number of benzene rings is 4. The molecule has 12 nitrogen and oxygen atoms in total. The molecule has 12 rings (SSSR count). The number of allylic oxidation sites excluding steroid dienone is 10. The lowest BCUT2D eigenvalue weighted by atomic mass is 9.71. The summed E-state index contributed by atoms with van der Waals surface area (Å²) in [6, 6.07) is 15.2. The van der Waals surface area contributed by atoms with Gasteiger partial charge in [0.05, 0.1) is 30.5 Å². The molecule has 0 spiro atoms. The first-order valence-corrected chi connectivity index (χ1v) is 48.7. The van der Waals surface area contributed by atoms with Crippen molar-refractivity contribution in [3.8, 4) is 46.0 Å². The van der Waals surface area contributed by atoms with Gasteiger partial charge in [0.2, 0.25) is 0 Å². The van der Waals surface area contributed by atoms with Gasteiger partial charge >= 0.3 is 0 Å². The number of unbranched alkanes of at least 4 members (excludes halogenated alkanes) is 11. The SMILES string of the molecule is C=C(C)[C@H]1CCC(CO)=C[C@@H]1c1c(O)cc(C2(/C=C\CCCC)CCCC2)cc1O.C=C(C)[C@H]1CCC(CO)=C[C@@H]1c1c(O)cc(C2(CCCCCC)CCCC2)cc1O.C=C(C)[C@H]1CCC(CO)=C[C@@H]1c1c(O)cc(C2(CCCCCC)CCCC2)cc1O.C=C(C)[C@H]1CCC(CO)=C[C@@H]1c1c(O)cc(C2(CCCCCC)SCCS2)cc1O. The number of aliphatic hydroxyl groups excluding tert-OH is 4. The minimum Gasteiger partial charge on any atom is -0.507 e. The second-order valence-corrected chi connectivity index (χ2v) is 40.5. The van der Waals surface area contributed by atoms with Crippen LogP contribution in [0.3, 0.4) is 0 Å². The normalized spacial score (nSPS) is 23.4. The molecule has 0 amide bonds. The van der Waals surface area contributed by atoms with E-state index < -0.39 is 0 Å². The van der Waals surface area contributed by atoms with Gasteiger partial charge in [0, 0.05) is 62.8 Å². The van der Waals surface area contributed by atoms with Crippen LogP contribution >= 0.6 is 23.5 Å². The molecule has 4 aromatic rings. The van der Waals surface area contributed by atoms with E-state index in [0.29, 0.717) is 22.3 Å². The molecule has 4 fully saturated rings. The van der Waals surface area contributed by atoms with Crippen molar-refractivity contribution in [2.24, 2.45) is 23.7 Å². The van der Waals surface area contributed by atoms with Gasteiger partial charge in [-0.05, 0) is 271 Å². The summed E-state index contributed by atoms with van der Waals surface area (Å²) in [6.45, 7) is 33.6. The van der Waals surface area contributed by atoms with E-state index in [9.17, 15) is 61.3 Å². The number of phenols is 8. The monoisotopic (exact) mass is 1680 g/mol. The van der Waals surface area contributed by atoms with Crippen molar-refractivity contribution in [3.05, 3.63) is 200 Å². The van der Waals surface area contributed by atoms with Crippen molar-refractivity contribution in [2.75, 3.05) is 37.9 Å². The van der Waals surface area contributed by atoms with Gasteiger partial charge < -0.3 is 61.3 Å². The summed E-state index contributed by atoms with van der Waals surface area (Å²) >= 11 is 3.90. The molecule has 120 heavy (non-hydrogen) atoms. The molecule has 7 aliphatic carbocycles. The smallest absolute Gasteiger partial charge is 0.123 e. The number of aliphatic hydroxyl groups is 4. The lowest BCUT2D eigenvalue weighted by Crippen LogP contribution is -2.23. The van der Waals surface area contributed by atoms with Crippen LogP contribution in [0, 0.1) is 23.7 Å². The zero-order valence-corrected chi connectivity index (χ0v) is 76.5. The van der Waals surface area contributed by atoms with Crippen LogP contribution in [0.1, 0.15) is 368 Å². The maximum Gasteiger partial charge on any atom is 0.123 e. The van der Waals surface area contributed by atoms with Gasteiger partial charge in [0.1, 0.15) is 46.0 Å². The summed E-state index contributed by atoms with van der Waals surface area (Å²) in [5.74, 6) is 3.65. The van der Waals surface area contributed by atoms with Crippen molar-refractivity contribution in [1.82, 2.24) is 0 Å². The fourth-order valence-electron chi connectivity index (χ4n) is 21.9. The fraction of sp³-hybridized carbons (Fsp3) is 0.604. The van der Waals surface area contributed by atoms with Crippen LogP contribution in [0.15, 0.2) is 156 Å². The fourth-order valence-corrected chi connectivity index (χ4v) is 25.2. The maximum absolute atomic E-state index is 11.1. The van der Waals surface area contributed by atoms with Gasteiger partial charge in [-0.1, -0.05) is 241 Å². The van der Waals surface area contributed by atoms with Gasteiger partial charge in [-0.25, -0.2) is 0 Å². The van der Waals surface area contributed by atoms with Crippen LogP contribution in [0.4, 0.5) is 0 Å². The zero-order valence-electron chi connectivity index (χ0n) is 74.8. The summed E-state index contributed by atoms with van der Waals surface area (Å²) in [7, 11) is 0. The van der Waals surface area contributed by atoms with Gasteiger partial charge in [-0.15, -0.1) is 23.5 Å². The lowest BCUT2D eigenvalue weighted by molar-refractivity contribution is 0.314. The number of thioether (sulfide) groups is 2. The topological polar surface area (TPSA) is 243 Å². The van der Waals surface area contributed by atoms with E-state index in [2.05, 4.69) is 66.2 Å². The highest BCUT2D eigenvalue weighted by Gasteiger charge is 2.44. The third-order valence-corrected chi connectivity index (χ3v) is 32.5. The van der Waals surface area contributed by atoms with E-state index in [1.807, 2.05) is 124 Å². The first kappa shape index (κ1) is 97.3. The highest BCUT2D eigenvalue weighted by atomic mass is 32.2. The molecule has 0 bridgehead atoms. The average Bonchev–Trinajstić information content (AvgIpc) is 1.22. The number of hydrogen-bond acceptors (Lipinski definition) is 14. The lowest BCUT2D eigenvalue weighted by Gasteiger charge is -2.34. The summed E-state index contributed by atoms with van der Waals surface area (Å²) < 4.78 is -0.0757. The standard InChI is InChI=1S/2C27H40O3.C27H38O3.C25H36O3S2/c3*1-4-5-6-7-12-27(13-8-9-14-27)21-16-24(29)26(25(30)17-21)23-15-20(18-28)10-11-22(23)19(2)3;1-4-5-6-7-10-25(29-11-12-30-25)19-14-22(27)24(23(28)15-19)21-13-18(16-26)8-9-20(21)17(2)3/h2*15-17,22-23,28-30H,2,4-14,18H2,1,3H3;7,12,15-17,22-23,28-30H,2,4-6,8-11,13-14,18H2,1,3H3;13-15,20-21,26-28H,2,4-12,16H2,1,3H3/b;;12-7-;/t3*22-,23+;20-,21+/m1111/s1. The van der Waals surface area contributed by atoms with Crippen LogP contribution in [0.2, 0.25) is 0 Å². The van der Waals surface area contributed by atoms with Crippen LogP contribution < -0.4 is 0 Å². The van der Waals surface area contributed by atoms with Crippen LogP contribution in [-0.4, -0.2) is 99.2 Å². The molecule has 1 saturated heterocycles. The molecular formula is C106H154O12S2. The third kappa shape index (κ3) is 24.1. The molecule has 0 unspecified atom stereocenters. The largest absolute Gasteiger partial charge is 0.507 e. The maximum atomic E-state index is 11.1. The zero-order chi connectivity index (χ0) is 86.9. The van der Waals surface area contributed by atoms with E-state index in [1.165, 1.54) is 128 Å². The quantitative estimate of drug-likeness (QED) is 0.0152. The molecule has 1 heterocycles. The summed E-state index contributed by atoms with van der Waals surface area (Å²) in [5, 5.41) is 127. The van der Waals surface area contributed by atoms with Gasteiger partial charge in [0.15, 0.2) is 0 Å². The molecule has 662 valence electrons. The number of rotatable bonds is 35. The van der Waals surface area contributed by atoms with Gasteiger partial charge in [-0.2, -0.15) is 0 Å². The molecule has 14 heteroatoms. The van der Waals surface area contributed by atoms with E-state index in [1.54, 1.807) is 0 Å². The highest BCUT2D eigenvalue weighted by Crippen LogP contribution is 2.60. The number of hydrogen-bond donors (Lipinski definition) is 12. The second kappa shape index (κ2) is 46.4. The number of aromatic hydroxyl groups is 8. The van der Waals surface area contributed by atoms with Crippen molar-refractivity contribution in [2.45, 2.75) is 343 Å². The van der Waals surface area contributed by atoms with E-state index >= 15 is 0 Å². The molecule has 0 aromatic heterocycles. The van der Waals surface area contributed by atoms with Crippen molar-refractivity contribution in [1.29, 1.82) is 0 Å². The van der Waals surface area contributed by atoms with E-state index in [-0.39, 0.29) is 140 Å². The first-order valence-electron chi connectivity index (χ1n) is 46.7. The second-order valence-electron chi connectivity index (χ2n) is 37.5. The van der Waals surface area contributed by atoms with Crippen LogP contribution in [0.25, 0.3) is 0 Å².